The summed E-state index contributed by atoms with van der Waals surface area (Å²) in [4.78, 5) is 14.8. The molecule has 1 fully saturated rings. The van der Waals surface area contributed by atoms with Gasteiger partial charge in [-0.25, -0.2) is 0 Å². The van der Waals surface area contributed by atoms with Gasteiger partial charge in [-0.1, -0.05) is 26.3 Å². The van der Waals surface area contributed by atoms with E-state index in [4.69, 9.17) is 9.47 Å². The molecule has 1 amide bonds. The Balaban J connectivity index is 2.13. The van der Waals surface area contributed by atoms with E-state index in [1.54, 1.807) is 20.3 Å². The lowest BCUT2D eigenvalue weighted by molar-refractivity contribution is -0.129. The maximum absolute atomic E-state index is 12.7. The van der Waals surface area contributed by atoms with E-state index in [9.17, 15) is 4.79 Å². The van der Waals surface area contributed by atoms with Crippen LogP contribution >= 0.6 is 0 Å². The largest absolute Gasteiger partial charge is 0.493 e. The normalized spacial score (nSPS) is 16.7. The first-order chi connectivity index (χ1) is 11.5. The summed E-state index contributed by atoms with van der Waals surface area (Å²) >= 11 is 0. The second kappa shape index (κ2) is 8.22. The first-order valence-corrected chi connectivity index (χ1v) is 8.74. The number of methoxy groups -OCH3 is 2. The van der Waals surface area contributed by atoms with Crippen LogP contribution in [-0.2, 0) is 4.79 Å². The van der Waals surface area contributed by atoms with Crippen LogP contribution in [0.1, 0.15) is 45.6 Å². The molecule has 0 heterocycles. The molecule has 2 atom stereocenters. The lowest BCUT2D eigenvalue weighted by Crippen LogP contribution is -2.42. The first-order valence-electron chi connectivity index (χ1n) is 8.74. The fraction of sp³-hybridized carbons (Fsp3) is 0.550. The molecular weight excluding hydrogens is 302 g/mol. The van der Waals surface area contributed by atoms with Crippen LogP contribution in [0.3, 0.4) is 0 Å². The van der Waals surface area contributed by atoms with Crippen LogP contribution in [0.25, 0.3) is 6.08 Å². The Bertz CT molecular complexity index is 593. The van der Waals surface area contributed by atoms with E-state index >= 15 is 0 Å². The summed E-state index contributed by atoms with van der Waals surface area (Å²) in [6.07, 6.45) is 6.85. The highest BCUT2D eigenvalue weighted by atomic mass is 16.5. The van der Waals surface area contributed by atoms with Crippen molar-refractivity contribution >= 4 is 12.0 Å². The maximum Gasteiger partial charge on any atom is 0.247 e. The van der Waals surface area contributed by atoms with Crippen molar-refractivity contribution in [1.29, 1.82) is 0 Å². The molecule has 0 spiro atoms. The van der Waals surface area contributed by atoms with Crippen molar-refractivity contribution in [2.45, 2.75) is 52.1 Å². The smallest absolute Gasteiger partial charge is 0.247 e. The highest BCUT2D eigenvalue weighted by Gasteiger charge is 2.36. The van der Waals surface area contributed by atoms with E-state index in [0.29, 0.717) is 23.5 Å². The third-order valence-electron chi connectivity index (χ3n) is 4.93. The molecule has 0 radical (unpaired) electrons. The Labute approximate surface area is 145 Å². The zero-order valence-corrected chi connectivity index (χ0v) is 15.4. The molecule has 0 saturated heterocycles. The minimum absolute atomic E-state index is 0.0973. The molecule has 1 aliphatic carbocycles. The van der Waals surface area contributed by atoms with E-state index in [0.717, 1.165) is 24.8 Å². The van der Waals surface area contributed by atoms with Crippen LogP contribution in [0, 0.1) is 5.92 Å². The van der Waals surface area contributed by atoms with Crippen molar-refractivity contribution in [2.24, 2.45) is 5.92 Å². The SMILES string of the molecule is CCC(C)C(C)N(C(=O)/C=C/c1ccc(OC)c(OC)c1)C1CC1. The minimum Gasteiger partial charge on any atom is -0.493 e. The molecule has 1 aromatic carbocycles. The number of rotatable bonds is 8. The Morgan fingerprint density at radius 1 is 1.25 bits per heavy atom. The van der Waals surface area contributed by atoms with Gasteiger partial charge in [-0.05, 0) is 49.5 Å². The second-order valence-corrected chi connectivity index (χ2v) is 6.55. The van der Waals surface area contributed by atoms with Gasteiger partial charge in [0.15, 0.2) is 11.5 Å². The number of ether oxygens (including phenoxy) is 2. The highest BCUT2D eigenvalue weighted by molar-refractivity contribution is 5.92. The molecule has 1 aliphatic rings. The molecule has 132 valence electrons. The molecule has 1 saturated carbocycles. The summed E-state index contributed by atoms with van der Waals surface area (Å²) in [6, 6.07) is 6.33. The van der Waals surface area contributed by atoms with Gasteiger partial charge in [0.2, 0.25) is 5.91 Å². The summed E-state index contributed by atoms with van der Waals surface area (Å²) in [7, 11) is 3.22. The highest BCUT2D eigenvalue weighted by Crippen LogP contribution is 2.32. The van der Waals surface area contributed by atoms with E-state index in [1.807, 2.05) is 24.3 Å². The van der Waals surface area contributed by atoms with Crippen LogP contribution in [0.5, 0.6) is 11.5 Å². The number of amides is 1. The van der Waals surface area contributed by atoms with Crippen molar-refractivity contribution in [3.05, 3.63) is 29.8 Å². The molecule has 0 aliphatic heterocycles. The molecule has 4 heteroatoms. The molecule has 1 aromatic rings. The molecule has 2 unspecified atom stereocenters. The van der Waals surface area contributed by atoms with Gasteiger partial charge in [-0.15, -0.1) is 0 Å². The van der Waals surface area contributed by atoms with Crippen molar-refractivity contribution in [3.8, 4) is 11.5 Å². The molecular formula is C20H29NO3. The summed E-state index contributed by atoms with van der Waals surface area (Å²) in [5.74, 6) is 1.95. The van der Waals surface area contributed by atoms with E-state index in [1.165, 1.54) is 0 Å². The monoisotopic (exact) mass is 331 g/mol. The standard InChI is InChI=1S/C20H29NO3/c1-6-14(2)15(3)21(17-9-10-17)20(22)12-8-16-7-11-18(23-4)19(13-16)24-5/h7-8,11-15,17H,6,9-10H2,1-5H3/b12-8+. The average molecular weight is 331 g/mol. The number of carbonyl (C=O) groups excluding carboxylic acids is 1. The van der Waals surface area contributed by atoms with Gasteiger partial charge in [-0.2, -0.15) is 0 Å². The van der Waals surface area contributed by atoms with Crippen LogP contribution < -0.4 is 9.47 Å². The molecule has 0 aromatic heterocycles. The molecule has 4 nitrogen and oxygen atoms in total. The third kappa shape index (κ3) is 4.31. The minimum atomic E-state index is 0.0973. The molecule has 0 bridgehead atoms. The Morgan fingerprint density at radius 2 is 1.92 bits per heavy atom. The Hall–Kier alpha value is -1.97. The number of hydrogen-bond acceptors (Lipinski definition) is 3. The van der Waals surface area contributed by atoms with Crippen molar-refractivity contribution < 1.29 is 14.3 Å². The van der Waals surface area contributed by atoms with Gasteiger partial charge in [0.25, 0.3) is 0 Å². The first kappa shape index (κ1) is 18.4. The number of hydrogen-bond donors (Lipinski definition) is 0. The lowest BCUT2D eigenvalue weighted by Gasteiger charge is -2.32. The Morgan fingerprint density at radius 3 is 2.46 bits per heavy atom. The fourth-order valence-corrected chi connectivity index (χ4v) is 2.89. The average Bonchev–Trinajstić information content (AvgIpc) is 3.43. The molecule has 2 rings (SSSR count). The number of nitrogens with zero attached hydrogens (tertiary/aromatic N) is 1. The maximum atomic E-state index is 12.7. The van der Waals surface area contributed by atoms with Crippen molar-refractivity contribution in [2.75, 3.05) is 14.2 Å². The molecule has 24 heavy (non-hydrogen) atoms. The number of benzene rings is 1. The quantitative estimate of drug-likeness (QED) is 0.672. The summed E-state index contributed by atoms with van der Waals surface area (Å²) in [6.45, 7) is 6.55. The zero-order chi connectivity index (χ0) is 17.7. The van der Waals surface area contributed by atoms with Gasteiger partial charge >= 0.3 is 0 Å². The topological polar surface area (TPSA) is 38.8 Å². The van der Waals surface area contributed by atoms with E-state index in [2.05, 4.69) is 25.7 Å². The van der Waals surface area contributed by atoms with Gasteiger partial charge in [0.1, 0.15) is 0 Å². The van der Waals surface area contributed by atoms with Crippen LogP contribution in [0.15, 0.2) is 24.3 Å². The van der Waals surface area contributed by atoms with Crippen LogP contribution in [-0.4, -0.2) is 37.1 Å². The predicted molar refractivity (Wildman–Crippen MR) is 97.4 cm³/mol. The zero-order valence-electron chi connectivity index (χ0n) is 15.4. The van der Waals surface area contributed by atoms with E-state index in [-0.39, 0.29) is 11.9 Å². The van der Waals surface area contributed by atoms with Crippen molar-refractivity contribution in [1.82, 2.24) is 4.90 Å². The summed E-state index contributed by atoms with van der Waals surface area (Å²) in [5.41, 5.74) is 0.924. The lowest BCUT2D eigenvalue weighted by atomic mass is 9.99. The van der Waals surface area contributed by atoms with Gasteiger partial charge < -0.3 is 14.4 Å². The van der Waals surface area contributed by atoms with Crippen LogP contribution in [0.2, 0.25) is 0 Å². The predicted octanol–water partition coefficient (Wildman–Crippen LogP) is 4.14. The second-order valence-electron chi connectivity index (χ2n) is 6.55. The van der Waals surface area contributed by atoms with Gasteiger partial charge in [0.05, 0.1) is 14.2 Å². The fourth-order valence-electron chi connectivity index (χ4n) is 2.89. The molecule has 0 N–H and O–H groups in total. The van der Waals surface area contributed by atoms with Crippen molar-refractivity contribution in [3.63, 3.8) is 0 Å². The van der Waals surface area contributed by atoms with E-state index < -0.39 is 0 Å². The Kier molecular flexibility index (Phi) is 6.29. The van der Waals surface area contributed by atoms with Gasteiger partial charge in [-0.3, -0.25) is 4.79 Å². The third-order valence-corrected chi connectivity index (χ3v) is 4.93. The van der Waals surface area contributed by atoms with Gasteiger partial charge in [0, 0.05) is 18.2 Å². The summed E-state index contributed by atoms with van der Waals surface area (Å²) in [5, 5.41) is 0. The number of carbonyl (C=O) groups is 1. The van der Waals surface area contributed by atoms with Crippen LogP contribution in [0.4, 0.5) is 0 Å². The summed E-state index contributed by atoms with van der Waals surface area (Å²) < 4.78 is 10.6.